The Kier molecular flexibility index (Phi) is 6.47. The third kappa shape index (κ3) is 7.14. The quantitative estimate of drug-likeness (QED) is 0.817. The summed E-state index contributed by atoms with van der Waals surface area (Å²) < 4.78 is 5.40. The van der Waals surface area contributed by atoms with E-state index in [1.54, 1.807) is 4.90 Å². The minimum atomic E-state index is -0.425. The van der Waals surface area contributed by atoms with E-state index >= 15 is 0 Å². The maximum atomic E-state index is 12.0. The molecule has 21 heavy (non-hydrogen) atoms. The maximum Gasteiger partial charge on any atom is 0.410 e. The molecule has 2 N–H and O–H groups in total. The van der Waals surface area contributed by atoms with E-state index in [1.165, 1.54) is 0 Å². The number of rotatable bonds is 5. The Bertz CT molecular complexity index is 329. The van der Waals surface area contributed by atoms with Crippen LogP contribution in [0.5, 0.6) is 0 Å². The number of nitrogens with one attached hydrogen (secondary N) is 1. The summed E-state index contributed by atoms with van der Waals surface area (Å²) in [6.45, 7) is 13.3. The molecule has 0 saturated carbocycles. The molecule has 1 saturated heterocycles. The molecule has 0 radical (unpaired) electrons. The molecular weight excluding hydrogens is 268 g/mol. The highest BCUT2D eigenvalue weighted by Gasteiger charge is 2.27. The molecule has 5 heteroatoms. The fourth-order valence-corrected chi connectivity index (χ4v) is 2.32. The molecule has 1 aliphatic heterocycles. The molecule has 0 aromatic heterocycles. The molecule has 0 unspecified atom stereocenters. The molecule has 5 nitrogen and oxygen atoms in total. The zero-order valence-corrected chi connectivity index (χ0v) is 14.2. The summed E-state index contributed by atoms with van der Waals surface area (Å²) in [6.07, 6.45) is 1.81. The number of carbonyl (C=O) groups is 1. The van der Waals surface area contributed by atoms with Gasteiger partial charge in [0, 0.05) is 31.7 Å². The van der Waals surface area contributed by atoms with Gasteiger partial charge >= 0.3 is 6.09 Å². The van der Waals surface area contributed by atoms with Crippen molar-refractivity contribution in [2.75, 3.05) is 32.8 Å². The van der Waals surface area contributed by atoms with Crippen LogP contribution in [0.1, 0.15) is 47.5 Å². The molecule has 1 amide bonds. The summed E-state index contributed by atoms with van der Waals surface area (Å²) in [5, 5.41) is 12.7. The third-order valence-corrected chi connectivity index (χ3v) is 3.73. The number of hydrogen-bond donors (Lipinski definition) is 2. The SMILES string of the molecule is CC(C)(CO)CNCC1CCN(C(=O)OC(C)(C)C)CC1. The Morgan fingerprint density at radius 2 is 1.81 bits per heavy atom. The second kappa shape index (κ2) is 7.45. The number of hydrogen-bond acceptors (Lipinski definition) is 4. The first kappa shape index (κ1) is 18.2. The lowest BCUT2D eigenvalue weighted by atomic mass is 9.93. The van der Waals surface area contributed by atoms with Crippen LogP contribution in [0.25, 0.3) is 0 Å². The minimum Gasteiger partial charge on any atom is -0.444 e. The summed E-state index contributed by atoms with van der Waals surface area (Å²) >= 11 is 0. The lowest BCUT2D eigenvalue weighted by Crippen LogP contribution is -2.44. The number of ether oxygens (including phenoxy) is 1. The van der Waals surface area contributed by atoms with Crippen LogP contribution in [-0.4, -0.2) is 54.5 Å². The number of carbonyl (C=O) groups excluding carboxylic acids is 1. The van der Waals surface area contributed by atoms with Crippen LogP contribution < -0.4 is 5.32 Å². The smallest absolute Gasteiger partial charge is 0.410 e. The van der Waals surface area contributed by atoms with Gasteiger partial charge in [-0.15, -0.1) is 0 Å². The van der Waals surface area contributed by atoms with Gasteiger partial charge in [0.1, 0.15) is 5.60 Å². The van der Waals surface area contributed by atoms with Gasteiger partial charge in [0.25, 0.3) is 0 Å². The van der Waals surface area contributed by atoms with Crippen LogP contribution >= 0.6 is 0 Å². The molecule has 1 rings (SSSR count). The summed E-state index contributed by atoms with van der Waals surface area (Å²) in [6, 6.07) is 0. The van der Waals surface area contributed by atoms with E-state index in [4.69, 9.17) is 4.74 Å². The molecule has 1 heterocycles. The van der Waals surface area contributed by atoms with Crippen LogP contribution in [0.15, 0.2) is 0 Å². The number of aliphatic hydroxyl groups excluding tert-OH is 1. The lowest BCUT2D eigenvalue weighted by molar-refractivity contribution is 0.0183. The summed E-state index contributed by atoms with van der Waals surface area (Å²) in [4.78, 5) is 13.8. The highest BCUT2D eigenvalue weighted by Crippen LogP contribution is 2.19. The second-order valence-electron chi connectivity index (χ2n) is 7.86. The van der Waals surface area contributed by atoms with Gasteiger partial charge in [-0.05, 0) is 46.1 Å². The standard InChI is InChI=1S/C16H32N2O3/c1-15(2,3)21-14(20)18-8-6-13(7-9-18)10-17-11-16(4,5)12-19/h13,17,19H,6-12H2,1-5H3. The topological polar surface area (TPSA) is 61.8 Å². The van der Waals surface area contributed by atoms with Gasteiger partial charge in [0.05, 0.1) is 0 Å². The zero-order valence-electron chi connectivity index (χ0n) is 14.2. The van der Waals surface area contributed by atoms with Crippen LogP contribution in [-0.2, 0) is 4.74 Å². The molecule has 0 aliphatic carbocycles. The van der Waals surface area contributed by atoms with E-state index in [-0.39, 0.29) is 18.1 Å². The first-order valence-electron chi connectivity index (χ1n) is 7.92. The van der Waals surface area contributed by atoms with Crippen LogP contribution in [0, 0.1) is 11.3 Å². The molecular formula is C16H32N2O3. The summed E-state index contributed by atoms with van der Waals surface area (Å²) in [5.74, 6) is 0.596. The van der Waals surface area contributed by atoms with Crippen molar-refractivity contribution < 1.29 is 14.6 Å². The molecule has 0 spiro atoms. The summed E-state index contributed by atoms with van der Waals surface area (Å²) in [7, 11) is 0. The second-order valence-corrected chi connectivity index (χ2v) is 7.86. The van der Waals surface area contributed by atoms with Gasteiger partial charge in [0.15, 0.2) is 0 Å². The van der Waals surface area contributed by atoms with Crippen molar-refractivity contribution in [2.45, 2.75) is 53.1 Å². The third-order valence-electron chi connectivity index (χ3n) is 3.73. The van der Waals surface area contributed by atoms with Gasteiger partial charge in [-0.1, -0.05) is 13.8 Å². The first-order valence-corrected chi connectivity index (χ1v) is 7.92. The van der Waals surface area contributed by atoms with Crippen LogP contribution in [0.3, 0.4) is 0 Å². The van der Waals surface area contributed by atoms with Crippen LogP contribution in [0.2, 0.25) is 0 Å². The monoisotopic (exact) mass is 300 g/mol. The average molecular weight is 300 g/mol. The fraction of sp³-hybridized carbons (Fsp3) is 0.938. The van der Waals surface area contributed by atoms with Crippen molar-refractivity contribution in [1.82, 2.24) is 10.2 Å². The van der Waals surface area contributed by atoms with Crippen molar-refractivity contribution in [1.29, 1.82) is 0 Å². The van der Waals surface area contributed by atoms with Crippen molar-refractivity contribution in [3.05, 3.63) is 0 Å². The number of amides is 1. The van der Waals surface area contributed by atoms with E-state index in [0.717, 1.165) is 39.0 Å². The number of likely N-dealkylation sites (tertiary alicyclic amines) is 1. The molecule has 124 valence electrons. The van der Waals surface area contributed by atoms with Gasteiger partial charge in [-0.25, -0.2) is 4.79 Å². The average Bonchev–Trinajstić information content (AvgIpc) is 2.37. The van der Waals surface area contributed by atoms with Crippen LogP contribution in [0.4, 0.5) is 4.79 Å². The fourth-order valence-electron chi connectivity index (χ4n) is 2.32. The molecule has 0 bridgehead atoms. The van der Waals surface area contributed by atoms with E-state index in [2.05, 4.69) is 5.32 Å². The largest absolute Gasteiger partial charge is 0.444 e. The predicted octanol–water partition coefficient (Wildman–Crippen LogP) is 2.24. The molecule has 1 aliphatic rings. The lowest BCUT2D eigenvalue weighted by Gasteiger charge is -2.34. The van der Waals surface area contributed by atoms with E-state index in [1.807, 2.05) is 34.6 Å². The van der Waals surface area contributed by atoms with Gasteiger partial charge in [-0.3, -0.25) is 0 Å². The number of aliphatic hydroxyl groups is 1. The zero-order chi connectivity index (χ0) is 16.1. The van der Waals surface area contributed by atoms with Gasteiger partial charge < -0.3 is 20.1 Å². The number of nitrogens with zero attached hydrogens (tertiary/aromatic N) is 1. The predicted molar refractivity (Wildman–Crippen MR) is 84.3 cm³/mol. The minimum absolute atomic E-state index is 0.0722. The van der Waals surface area contributed by atoms with Crippen molar-refractivity contribution >= 4 is 6.09 Å². The van der Waals surface area contributed by atoms with Crippen molar-refractivity contribution in [3.8, 4) is 0 Å². The molecule has 1 fully saturated rings. The van der Waals surface area contributed by atoms with Gasteiger partial charge in [0.2, 0.25) is 0 Å². The highest BCUT2D eigenvalue weighted by molar-refractivity contribution is 5.68. The van der Waals surface area contributed by atoms with Gasteiger partial charge in [-0.2, -0.15) is 0 Å². The Morgan fingerprint density at radius 3 is 2.29 bits per heavy atom. The Labute approximate surface area is 129 Å². The number of piperidine rings is 1. The van der Waals surface area contributed by atoms with Crippen molar-refractivity contribution in [3.63, 3.8) is 0 Å². The summed E-state index contributed by atoms with van der Waals surface area (Å²) in [5.41, 5.74) is -0.497. The maximum absolute atomic E-state index is 12.0. The van der Waals surface area contributed by atoms with E-state index in [0.29, 0.717) is 5.92 Å². The Balaban J connectivity index is 2.25. The van der Waals surface area contributed by atoms with Crippen molar-refractivity contribution in [2.24, 2.45) is 11.3 Å². The Hall–Kier alpha value is -0.810. The molecule has 0 aromatic carbocycles. The van der Waals surface area contributed by atoms with E-state index in [9.17, 15) is 9.90 Å². The normalized spacial score (nSPS) is 17.9. The molecule has 0 atom stereocenters. The van der Waals surface area contributed by atoms with E-state index < -0.39 is 5.60 Å². The highest BCUT2D eigenvalue weighted by atomic mass is 16.6. The molecule has 0 aromatic rings. The Morgan fingerprint density at radius 1 is 1.24 bits per heavy atom. The first-order chi connectivity index (χ1) is 9.63.